The summed E-state index contributed by atoms with van der Waals surface area (Å²) in [5.74, 6) is -1.27. The van der Waals surface area contributed by atoms with Crippen LogP contribution in [-0.4, -0.2) is 26.4 Å². The van der Waals surface area contributed by atoms with Crippen molar-refractivity contribution in [3.8, 4) is 0 Å². The van der Waals surface area contributed by atoms with Gasteiger partial charge in [0, 0.05) is 11.8 Å². The minimum Gasteiger partial charge on any atom is -0.478 e. The molecule has 0 amide bonds. The summed E-state index contributed by atoms with van der Waals surface area (Å²) in [5, 5.41) is 8.95. The quantitative estimate of drug-likeness (QED) is 0.821. The summed E-state index contributed by atoms with van der Waals surface area (Å²) in [6.07, 6.45) is 5.90. The molecule has 0 radical (unpaired) electrons. The Kier molecular flexibility index (Phi) is 4.18. The van der Waals surface area contributed by atoms with Crippen LogP contribution in [0.4, 0.5) is 5.82 Å². The van der Waals surface area contributed by atoms with Gasteiger partial charge in [-0.3, -0.25) is 9.36 Å². The van der Waals surface area contributed by atoms with Crippen LogP contribution in [0.25, 0.3) is 6.20 Å². The second-order valence-electron chi connectivity index (χ2n) is 4.39. The van der Waals surface area contributed by atoms with E-state index in [0.29, 0.717) is 0 Å². The Morgan fingerprint density at radius 1 is 1.38 bits per heavy atom. The lowest BCUT2D eigenvalue weighted by Gasteiger charge is -2.02. The topological polar surface area (TPSA) is 98.2 Å². The first-order chi connectivity index (χ1) is 10.0. The van der Waals surface area contributed by atoms with E-state index < -0.39 is 11.8 Å². The molecule has 21 heavy (non-hydrogen) atoms. The van der Waals surface area contributed by atoms with Gasteiger partial charge in [0.05, 0.1) is 5.56 Å². The van der Waals surface area contributed by atoms with Crippen molar-refractivity contribution in [3.05, 3.63) is 53.5 Å². The van der Waals surface area contributed by atoms with Gasteiger partial charge in [0.15, 0.2) is 5.69 Å². The summed E-state index contributed by atoms with van der Waals surface area (Å²) in [7, 11) is 0. The minimum atomic E-state index is -1.09. The van der Waals surface area contributed by atoms with Crippen molar-refractivity contribution in [3.63, 3.8) is 0 Å². The van der Waals surface area contributed by atoms with Gasteiger partial charge in [0.25, 0.3) is 0 Å². The van der Waals surface area contributed by atoms with Crippen LogP contribution in [0.1, 0.15) is 39.8 Å². The molecule has 6 nitrogen and oxygen atoms in total. The van der Waals surface area contributed by atoms with E-state index in [4.69, 9.17) is 10.8 Å². The van der Waals surface area contributed by atoms with Crippen LogP contribution < -0.4 is 5.73 Å². The first-order valence-corrected chi connectivity index (χ1v) is 6.41. The van der Waals surface area contributed by atoms with E-state index in [-0.39, 0.29) is 22.6 Å². The average molecular weight is 285 g/mol. The number of hydrogen-bond donors (Lipinski definition) is 2. The van der Waals surface area contributed by atoms with Crippen molar-refractivity contribution < 1.29 is 14.7 Å². The van der Waals surface area contributed by atoms with Gasteiger partial charge in [-0.25, -0.2) is 9.78 Å². The van der Waals surface area contributed by atoms with Gasteiger partial charge >= 0.3 is 5.97 Å². The fourth-order valence-electron chi connectivity index (χ4n) is 1.81. The summed E-state index contributed by atoms with van der Waals surface area (Å²) >= 11 is 0. The molecule has 0 saturated carbocycles. The normalized spacial score (nSPS) is 10.9. The molecule has 0 aliphatic rings. The van der Waals surface area contributed by atoms with Crippen LogP contribution >= 0.6 is 0 Å². The van der Waals surface area contributed by atoms with Gasteiger partial charge in [0.1, 0.15) is 12.1 Å². The third kappa shape index (κ3) is 3.00. The first-order valence-electron chi connectivity index (χ1n) is 6.41. The number of hydrogen-bond acceptors (Lipinski definition) is 4. The van der Waals surface area contributed by atoms with Crippen molar-refractivity contribution >= 4 is 23.8 Å². The van der Waals surface area contributed by atoms with E-state index in [1.54, 1.807) is 10.8 Å². The van der Waals surface area contributed by atoms with Crippen LogP contribution in [-0.2, 0) is 0 Å². The number of nitrogens with two attached hydrogens (primary N) is 1. The number of benzene rings is 1. The van der Waals surface area contributed by atoms with Gasteiger partial charge in [-0.1, -0.05) is 25.1 Å². The fourth-order valence-corrected chi connectivity index (χ4v) is 1.81. The monoisotopic (exact) mass is 285 g/mol. The number of carbonyl (C=O) groups excluding carboxylic acids is 1. The molecular weight excluding hydrogens is 270 g/mol. The zero-order valence-corrected chi connectivity index (χ0v) is 11.5. The molecule has 1 aromatic carbocycles. The summed E-state index contributed by atoms with van der Waals surface area (Å²) in [6.45, 7) is 1.98. The van der Waals surface area contributed by atoms with E-state index in [0.717, 1.165) is 6.42 Å². The highest BCUT2D eigenvalue weighted by atomic mass is 16.4. The van der Waals surface area contributed by atoms with Gasteiger partial charge in [-0.2, -0.15) is 0 Å². The molecule has 0 aliphatic heterocycles. The Hall–Kier alpha value is -2.89. The summed E-state index contributed by atoms with van der Waals surface area (Å²) in [4.78, 5) is 27.3. The molecular formula is C15H15N3O3. The van der Waals surface area contributed by atoms with Crippen molar-refractivity contribution in [2.24, 2.45) is 0 Å². The van der Waals surface area contributed by atoms with E-state index in [1.807, 2.05) is 13.0 Å². The Bertz CT molecular complexity index is 717. The number of carbonyl (C=O) groups is 2. The number of anilines is 1. The van der Waals surface area contributed by atoms with Gasteiger partial charge in [-0.15, -0.1) is 0 Å². The number of carboxylic acid groups (broad SMARTS) is 1. The van der Waals surface area contributed by atoms with Crippen molar-refractivity contribution in [1.29, 1.82) is 0 Å². The summed E-state index contributed by atoms with van der Waals surface area (Å²) < 4.78 is 1.55. The van der Waals surface area contributed by atoms with Crippen molar-refractivity contribution in [1.82, 2.24) is 9.55 Å². The highest BCUT2D eigenvalue weighted by Crippen LogP contribution is 2.17. The maximum Gasteiger partial charge on any atom is 0.335 e. The number of aromatic carboxylic acids is 1. The molecule has 0 spiro atoms. The van der Waals surface area contributed by atoms with Crippen LogP contribution in [0.5, 0.6) is 0 Å². The number of ketones is 1. The third-order valence-corrected chi connectivity index (χ3v) is 2.92. The number of carboxylic acids is 1. The molecule has 2 aromatic rings. The average Bonchev–Trinajstić information content (AvgIpc) is 2.85. The number of nitrogen functional groups attached to an aromatic ring is 1. The largest absolute Gasteiger partial charge is 0.478 e. The van der Waals surface area contributed by atoms with Gasteiger partial charge in [-0.05, 0) is 18.6 Å². The molecule has 0 saturated heterocycles. The molecule has 2 rings (SSSR count). The van der Waals surface area contributed by atoms with Crippen LogP contribution in [0.2, 0.25) is 0 Å². The standard InChI is InChI=1S/C15H15N3O3/c1-2-3-7-18-9-17-12(14(18)16)13(19)10-5-4-6-11(8-10)15(20)21/h3-9H,2,16H2,1H3,(H,20,21)/b7-3+. The summed E-state index contributed by atoms with van der Waals surface area (Å²) in [5.41, 5.74) is 6.29. The van der Waals surface area contributed by atoms with Gasteiger partial charge in [0.2, 0.25) is 5.78 Å². The molecule has 1 aromatic heterocycles. The third-order valence-electron chi connectivity index (χ3n) is 2.92. The minimum absolute atomic E-state index is 0.0460. The smallest absolute Gasteiger partial charge is 0.335 e. The molecule has 1 heterocycles. The molecule has 0 unspecified atom stereocenters. The number of rotatable bonds is 5. The predicted octanol–water partition coefficient (Wildman–Crippen LogP) is 2.28. The lowest BCUT2D eigenvalue weighted by molar-refractivity contribution is 0.0697. The zero-order chi connectivity index (χ0) is 15.4. The first kappa shape index (κ1) is 14.5. The molecule has 3 N–H and O–H groups in total. The number of nitrogens with zero attached hydrogens (tertiary/aromatic N) is 2. The van der Waals surface area contributed by atoms with Crippen LogP contribution in [0, 0.1) is 0 Å². The van der Waals surface area contributed by atoms with E-state index in [1.165, 1.54) is 30.6 Å². The van der Waals surface area contributed by atoms with E-state index in [2.05, 4.69) is 4.98 Å². The second-order valence-corrected chi connectivity index (χ2v) is 4.39. The maximum atomic E-state index is 12.4. The fraction of sp³-hybridized carbons (Fsp3) is 0.133. The maximum absolute atomic E-state index is 12.4. The second kappa shape index (κ2) is 6.04. The molecule has 0 atom stereocenters. The SMILES string of the molecule is CC/C=C/n1cnc(C(=O)c2cccc(C(=O)O)c2)c1N. The molecule has 0 bridgehead atoms. The van der Waals surface area contributed by atoms with Crippen molar-refractivity contribution in [2.45, 2.75) is 13.3 Å². The van der Waals surface area contributed by atoms with Crippen molar-refractivity contribution in [2.75, 3.05) is 5.73 Å². The molecule has 6 heteroatoms. The van der Waals surface area contributed by atoms with Gasteiger partial charge < -0.3 is 10.8 Å². The predicted molar refractivity (Wildman–Crippen MR) is 79.1 cm³/mol. The van der Waals surface area contributed by atoms with E-state index >= 15 is 0 Å². The Morgan fingerprint density at radius 3 is 2.76 bits per heavy atom. The molecule has 0 aliphatic carbocycles. The van der Waals surface area contributed by atoms with Crippen LogP contribution in [0.15, 0.2) is 36.7 Å². The van der Waals surface area contributed by atoms with E-state index in [9.17, 15) is 9.59 Å². The Balaban J connectivity index is 2.36. The number of allylic oxidation sites excluding steroid dienone is 1. The highest BCUT2D eigenvalue weighted by Gasteiger charge is 2.18. The molecule has 108 valence electrons. The highest BCUT2D eigenvalue weighted by molar-refractivity contribution is 6.11. The van der Waals surface area contributed by atoms with Crippen LogP contribution in [0.3, 0.4) is 0 Å². The Labute approximate surface area is 121 Å². The Morgan fingerprint density at radius 2 is 2.10 bits per heavy atom. The molecule has 0 fully saturated rings. The number of aromatic nitrogens is 2. The lowest BCUT2D eigenvalue weighted by atomic mass is 10.1. The zero-order valence-electron chi connectivity index (χ0n) is 11.5. The lowest BCUT2D eigenvalue weighted by Crippen LogP contribution is -2.08. The number of imidazole rings is 1. The summed E-state index contributed by atoms with van der Waals surface area (Å²) in [6, 6.07) is 5.78.